The van der Waals surface area contributed by atoms with Crippen molar-refractivity contribution in [3.05, 3.63) is 51.0 Å². The van der Waals surface area contributed by atoms with Crippen LogP contribution in [-0.4, -0.2) is 9.59 Å². The van der Waals surface area contributed by atoms with Gasteiger partial charge in [-0.1, -0.05) is 16.6 Å². The summed E-state index contributed by atoms with van der Waals surface area (Å²) in [7, 11) is 0. The van der Waals surface area contributed by atoms with Crippen LogP contribution in [0.15, 0.2) is 41.2 Å². The maximum Gasteiger partial charge on any atom is 0.130 e. The summed E-state index contributed by atoms with van der Waals surface area (Å²) < 4.78 is 3.87. The van der Waals surface area contributed by atoms with Crippen LogP contribution in [0.25, 0.3) is 0 Å². The fourth-order valence-corrected chi connectivity index (χ4v) is 3.67. The third-order valence-corrected chi connectivity index (χ3v) is 4.77. The summed E-state index contributed by atoms with van der Waals surface area (Å²) >= 11 is 4.90. The minimum absolute atomic E-state index is 0.206. The first-order valence-corrected chi connectivity index (χ1v) is 7.57. The Labute approximate surface area is 111 Å². The molecule has 0 bridgehead atoms. The Bertz CT molecular complexity index is 509. The van der Waals surface area contributed by atoms with E-state index in [4.69, 9.17) is 0 Å². The predicted molar refractivity (Wildman–Crippen MR) is 74.0 cm³/mol. The summed E-state index contributed by atoms with van der Waals surface area (Å²) in [6.07, 6.45) is 1.76. The van der Waals surface area contributed by atoms with E-state index < -0.39 is 0 Å². The smallest absolute Gasteiger partial charge is 0.130 e. The second-order valence-corrected chi connectivity index (χ2v) is 6.13. The van der Waals surface area contributed by atoms with Crippen molar-refractivity contribution in [1.82, 2.24) is 9.59 Å². The van der Waals surface area contributed by atoms with Gasteiger partial charge in [0.15, 0.2) is 0 Å². The molecule has 0 aliphatic carbocycles. The van der Waals surface area contributed by atoms with Crippen LogP contribution in [0.5, 0.6) is 0 Å². The minimum atomic E-state index is 0.206. The molecule has 86 valence electrons. The van der Waals surface area contributed by atoms with Crippen molar-refractivity contribution >= 4 is 39.2 Å². The van der Waals surface area contributed by atoms with Crippen molar-refractivity contribution in [3.63, 3.8) is 0 Å². The summed E-state index contributed by atoms with van der Waals surface area (Å²) in [5.41, 5.74) is 0. The van der Waals surface area contributed by atoms with Crippen LogP contribution in [0.4, 0.5) is 5.00 Å². The van der Waals surface area contributed by atoms with Gasteiger partial charge >= 0.3 is 0 Å². The molecule has 3 heterocycles. The van der Waals surface area contributed by atoms with Gasteiger partial charge in [0, 0.05) is 21.3 Å². The highest BCUT2D eigenvalue weighted by atomic mass is 32.1. The molecule has 0 aromatic carbocycles. The quantitative estimate of drug-likeness (QED) is 0.788. The second-order valence-electron chi connectivity index (χ2n) is 3.39. The molecule has 0 saturated heterocycles. The van der Waals surface area contributed by atoms with Crippen molar-refractivity contribution in [1.29, 1.82) is 0 Å². The average molecular weight is 279 g/mol. The van der Waals surface area contributed by atoms with E-state index in [0.717, 1.165) is 5.00 Å². The predicted octanol–water partition coefficient (Wildman–Crippen LogP) is 3.86. The lowest BCUT2D eigenvalue weighted by molar-refractivity contribution is 0.997. The molecule has 0 aliphatic rings. The van der Waals surface area contributed by atoms with Gasteiger partial charge in [0.25, 0.3) is 0 Å². The molecule has 0 unspecified atom stereocenters. The number of rotatable bonds is 4. The summed E-state index contributed by atoms with van der Waals surface area (Å²) in [5.74, 6) is 0. The number of aromatic nitrogens is 2. The summed E-state index contributed by atoms with van der Waals surface area (Å²) in [6.45, 7) is 0. The second kappa shape index (κ2) is 4.95. The topological polar surface area (TPSA) is 37.8 Å². The molecular formula is C11H9N3S3. The molecule has 0 aliphatic heterocycles. The lowest BCUT2D eigenvalue weighted by Crippen LogP contribution is -2.08. The van der Waals surface area contributed by atoms with E-state index >= 15 is 0 Å². The largest absolute Gasteiger partial charge is 0.362 e. The monoisotopic (exact) mass is 279 g/mol. The summed E-state index contributed by atoms with van der Waals surface area (Å²) in [6, 6.07) is 8.66. The molecule has 3 nitrogen and oxygen atoms in total. The Balaban J connectivity index is 1.92. The zero-order valence-electron chi connectivity index (χ0n) is 8.74. The van der Waals surface area contributed by atoms with Gasteiger partial charge in [-0.2, -0.15) is 0 Å². The molecule has 3 rings (SSSR count). The fourth-order valence-electron chi connectivity index (χ4n) is 1.57. The molecule has 0 radical (unpaired) electrons. The molecule has 0 fully saturated rings. The lowest BCUT2D eigenvalue weighted by atomic mass is 10.2. The van der Waals surface area contributed by atoms with Crippen LogP contribution in [0.3, 0.4) is 0 Å². The van der Waals surface area contributed by atoms with E-state index in [9.17, 15) is 0 Å². The van der Waals surface area contributed by atoms with Gasteiger partial charge < -0.3 is 5.32 Å². The van der Waals surface area contributed by atoms with E-state index in [1.807, 2.05) is 0 Å². The Morgan fingerprint density at radius 3 is 2.24 bits per heavy atom. The van der Waals surface area contributed by atoms with Crippen LogP contribution in [-0.2, 0) is 0 Å². The van der Waals surface area contributed by atoms with Crippen molar-refractivity contribution in [2.24, 2.45) is 0 Å². The SMILES string of the molecule is c1csc(C(Nc2cnns2)c2cccs2)c1. The third kappa shape index (κ3) is 2.38. The van der Waals surface area contributed by atoms with Crippen LogP contribution >= 0.6 is 34.2 Å². The molecular weight excluding hydrogens is 270 g/mol. The highest BCUT2D eigenvalue weighted by Crippen LogP contribution is 2.32. The molecule has 0 spiro atoms. The molecule has 3 aromatic heterocycles. The van der Waals surface area contributed by atoms with Gasteiger partial charge in [0.1, 0.15) is 5.00 Å². The highest BCUT2D eigenvalue weighted by molar-refractivity contribution is 7.12. The van der Waals surface area contributed by atoms with Crippen LogP contribution in [0.1, 0.15) is 15.8 Å². The maximum atomic E-state index is 3.87. The Kier molecular flexibility index (Phi) is 3.17. The van der Waals surface area contributed by atoms with Crippen molar-refractivity contribution in [2.75, 3.05) is 5.32 Å². The van der Waals surface area contributed by atoms with Crippen LogP contribution < -0.4 is 5.32 Å². The highest BCUT2D eigenvalue weighted by Gasteiger charge is 2.16. The van der Waals surface area contributed by atoms with Crippen molar-refractivity contribution in [2.45, 2.75) is 6.04 Å². The number of thiophene rings is 2. The van der Waals surface area contributed by atoms with Gasteiger partial charge in [-0.3, -0.25) is 0 Å². The molecule has 3 aromatic rings. The molecule has 0 amide bonds. The van der Waals surface area contributed by atoms with Gasteiger partial charge in [0.2, 0.25) is 0 Å². The standard InChI is InChI=1S/C11H9N3S3/c1-3-8(15-5-1)11(9-4-2-6-16-9)13-10-7-12-14-17-10/h1-7,11,13H. The Morgan fingerprint density at radius 1 is 1.06 bits per heavy atom. The maximum absolute atomic E-state index is 3.87. The number of hydrogen-bond donors (Lipinski definition) is 1. The van der Waals surface area contributed by atoms with Gasteiger partial charge in [-0.15, -0.1) is 27.8 Å². The van der Waals surface area contributed by atoms with E-state index in [1.54, 1.807) is 28.9 Å². The minimum Gasteiger partial charge on any atom is -0.362 e. The zero-order chi connectivity index (χ0) is 11.5. The van der Waals surface area contributed by atoms with E-state index in [-0.39, 0.29) is 6.04 Å². The Morgan fingerprint density at radius 2 is 1.76 bits per heavy atom. The molecule has 0 atom stereocenters. The molecule has 0 saturated carbocycles. The first-order chi connectivity index (χ1) is 8.43. The van der Waals surface area contributed by atoms with E-state index in [1.165, 1.54) is 21.3 Å². The summed E-state index contributed by atoms with van der Waals surface area (Å²) in [5, 5.41) is 12.5. The van der Waals surface area contributed by atoms with Crippen molar-refractivity contribution in [3.8, 4) is 0 Å². The van der Waals surface area contributed by atoms with Crippen LogP contribution in [0, 0.1) is 0 Å². The van der Waals surface area contributed by atoms with Gasteiger partial charge in [0.05, 0.1) is 12.2 Å². The van der Waals surface area contributed by atoms with Crippen LogP contribution in [0.2, 0.25) is 0 Å². The number of nitrogens with zero attached hydrogens (tertiary/aromatic N) is 2. The first-order valence-electron chi connectivity index (χ1n) is 5.04. The van der Waals surface area contributed by atoms with E-state index in [0.29, 0.717) is 0 Å². The third-order valence-electron chi connectivity index (χ3n) is 2.30. The molecule has 1 N–H and O–H groups in total. The van der Waals surface area contributed by atoms with Gasteiger partial charge in [-0.05, 0) is 22.9 Å². The molecule has 17 heavy (non-hydrogen) atoms. The van der Waals surface area contributed by atoms with E-state index in [2.05, 4.69) is 49.9 Å². The number of hydrogen-bond acceptors (Lipinski definition) is 6. The fraction of sp³-hybridized carbons (Fsp3) is 0.0909. The lowest BCUT2D eigenvalue weighted by Gasteiger charge is -2.15. The summed E-state index contributed by atoms with van der Waals surface area (Å²) in [4.78, 5) is 2.61. The average Bonchev–Trinajstić information content (AvgIpc) is 3.09. The number of nitrogens with one attached hydrogen (secondary N) is 1. The van der Waals surface area contributed by atoms with Crippen molar-refractivity contribution < 1.29 is 0 Å². The normalized spacial score (nSPS) is 10.9. The number of anilines is 1. The first kappa shape index (κ1) is 10.9. The Hall–Kier alpha value is -1.24. The van der Waals surface area contributed by atoms with Gasteiger partial charge in [-0.25, -0.2) is 0 Å². The molecule has 6 heteroatoms. The zero-order valence-corrected chi connectivity index (χ0v) is 11.2.